The van der Waals surface area contributed by atoms with Crippen LogP contribution in [0.3, 0.4) is 0 Å². The molecule has 1 aromatic carbocycles. The Morgan fingerprint density at radius 2 is 1.87 bits per heavy atom. The zero-order valence-electron chi connectivity index (χ0n) is 13.6. The number of benzene rings is 1. The fourth-order valence-corrected chi connectivity index (χ4v) is 3.20. The molecule has 2 N–H and O–H groups in total. The van der Waals surface area contributed by atoms with Gasteiger partial charge in [-0.3, -0.25) is 9.59 Å². The van der Waals surface area contributed by atoms with Crippen molar-refractivity contribution in [2.45, 2.75) is 45.4 Å². The van der Waals surface area contributed by atoms with Gasteiger partial charge < -0.3 is 15.2 Å². The molecule has 126 valence electrons. The van der Waals surface area contributed by atoms with Gasteiger partial charge in [-0.2, -0.15) is 0 Å². The maximum absolute atomic E-state index is 12.7. The third-order valence-corrected chi connectivity index (χ3v) is 4.54. The monoisotopic (exact) mass is 319 g/mol. The number of carbonyl (C=O) groups is 2. The lowest BCUT2D eigenvalue weighted by Crippen LogP contribution is -2.35. The molecule has 1 fully saturated rings. The van der Waals surface area contributed by atoms with E-state index in [0.29, 0.717) is 18.9 Å². The van der Waals surface area contributed by atoms with Crippen LogP contribution in [0.2, 0.25) is 0 Å². The molecule has 23 heavy (non-hydrogen) atoms. The molecule has 5 nitrogen and oxygen atoms in total. The van der Waals surface area contributed by atoms with Crippen LogP contribution in [0.25, 0.3) is 0 Å². The summed E-state index contributed by atoms with van der Waals surface area (Å²) in [4.78, 5) is 23.4. The normalized spacial score (nSPS) is 16.2. The number of rotatable bonds is 8. The van der Waals surface area contributed by atoms with Crippen LogP contribution in [0.15, 0.2) is 24.3 Å². The number of hydrogen-bond donors (Lipinski definition) is 2. The van der Waals surface area contributed by atoms with Crippen molar-refractivity contribution in [2.24, 2.45) is 5.41 Å². The Balaban J connectivity index is 1.99. The Morgan fingerprint density at radius 1 is 1.22 bits per heavy atom. The second-order valence-electron chi connectivity index (χ2n) is 6.16. The number of carboxylic acids is 1. The largest absolute Gasteiger partial charge is 0.481 e. The summed E-state index contributed by atoms with van der Waals surface area (Å²) in [5.41, 5.74) is 1.11. The second-order valence-corrected chi connectivity index (χ2v) is 6.16. The smallest absolute Gasteiger partial charge is 0.307 e. The van der Waals surface area contributed by atoms with E-state index in [-0.39, 0.29) is 17.7 Å². The first-order chi connectivity index (χ1) is 11.1. The predicted octanol–water partition coefficient (Wildman–Crippen LogP) is 3.24. The quantitative estimate of drug-likeness (QED) is 0.721. The van der Waals surface area contributed by atoms with E-state index in [9.17, 15) is 9.59 Å². The maximum Gasteiger partial charge on any atom is 0.307 e. The molecule has 1 aliphatic rings. The molecule has 1 saturated carbocycles. The van der Waals surface area contributed by atoms with Gasteiger partial charge in [-0.25, -0.2) is 0 Å². The molecule has 5 heteroatoms. The van der Waals surface area contributed by atoms with Crippen LogP contribution in [0.5, 0.6) is 0 Å². The van der Waals surface area contributed by atoms with E-state index in [4.69, 9.17) is 9.84 Å². The van der Waals surface area contributed by atoms with Crippen LogP contribution in [0.4, 0.5) is 5.69 Å². The van der Waals surface area contributed by atoms with Crippen LogP contribution in [0.1, 0.15) is 44.6 Å². The average Bonchev–Trinajstić information content (AvgIpc) is 2.99. The standard InChI is InChI=1S/C18H25NO4/c1-2-23-12-11-18(9-3-4-10-18)17(22)19-15-7-5-14(6-8-15)13-16(20)21/h5-8H,2-4,9-13H2,1H3,(H,19,22)(H,20,21). The first-order valence-electron chi connectivity index (χ1n) is 8.26. The molecular weight excluding hydrogens is 294 g/mol. The van der Waals surface area contributed by atoms with E-state index < -0.39 is 5.97 Å². The van der Waals surface area contributed by atoms with Crippen molar-refractivity contribution in [3.05, 3.63) is 29.8 Å². The highest BCUT2D eigenvalue weighted by atomic mass is 16.5. The molecule has 0 aliphatic heterocycles. The van der Waals surface area contributed by atoms with Gasteiger partial charge in [0.05, 0.1) is 11.8 Å². The molecular formula is C18H25NO4. The zero-order valence-corrected chi connectivity index (χ0v) is 13.6. The number of hydrogen-bond acceptors (Lipinski definition) is 3. The highest BCUT2D eigenvalue weighted by Crippen LogP contribution is 2.42. The van der Waals surface area contributed by atoms with Crippen molar-refractivity contribution in [3.8, 4) is 0 Å². The molecule has 1 aromatic rings. The van der Waals surface area contributed by atoms with Crippen LogP contribution in [-0.4, -0.2) is 30.2 Å². The summed E-state index contributed by atoms with van der Waals surface area (Å²) in [6.07, 6.45) is 4.72. The van der Waals surface area contributed by atoms with Gasteiger partial charge in [0.2, 0.25) is 5.91 Å². The van der Waals surface area contributed by atoms with E-state index in [1.54, 1.807) is 24.3 Å². The highest BCUT2D eigenvalue weighted by molar-refractivity contribution is 5.95. The third-order valence-electron chi connectivity index (χ3n) is 4.54. The lowest BCUT2D eigenvalue weighted by Gasteiger charge is -2.27. The summed E-state index contributed by atoms with van der Waals surface area (Å²) in [5.74, 6) is -0.802. The van der Waals surface area contributed by atoms with Crippen molar-refractivity contribution in [1.29, 1.82) is 0 Å². The van der Waals surface area contributed by atoms with Gasteiger partial charge in [0.15, 0.2) is 0 Å². The van der Waals surface area contributed by atoms with E-state index in [0.717, 1.165) is 37.7 Å². The maximum atomic E-state index is 12.7. The summed E-state index contributed by atoms with van der Waals surface area (Å²) in [6.45, 7) is 3.24. The van der Waals surface area contributed by atoms with Gasteiger partial charge >= 0.3 is 5.97 Å². The van der Waals surface area contributed by atoms with Gasteiger partial charge in [-0.05, 0) is 43.9 Å². The molecule has 2 rings (SSSR count). The van der Waals surface area contributed by atoms with Crippen molar-refractivity contribution < 1.29 is 19.4 Å². The van der Waals surface area contributed by atoms with Gasteiger partial charge in [0.1, 0.15) is 0 Å². The molecule has 0 saturated heterocycles. The number of carbonyl (C=O) groups excluding carboxylic acids is 1. The summed E-state index contributed by atoms with van der Waals surface area (Å²) in [6, 6.07) is 7.01. The number of amides is 1. The minimum Gasteiger partial charge on any atom is -0.481 e. The average molecular weight is 319 g/mol. The number of ether oxygens (including phenoxy) is 1. The summed E-state index contributed by atoms with van der Waals surface area (Å²) in [7, 11) is 0. The van der Waals surface area contributed by atoms with Gasteiger partial charge in [0, 0.05) is 18.9 Å². The van der Waals surface area contributed by atoms with Crippen molar-refractivity contribution in [3.63, 3.8) is 0 Å². The first kappa shape index (κ1) is 17.5. The van der Waals surface area contributed by atoms with Gasteiger partial charge in [-0.1, -0.05) is 25.0 Å². The van der Waals surface area contributed by atoms with Crippen LogP contribution < -0.4 is 5.32 Å². The highest BCUT2D eigenvalue weighted by Gasteiger charge is 2.40. The fourth-order valence-electron chi connectivity index (χ4n) is 3.20. The Morgan fingerprint density at radius 3 is 2.43 bits per heavy atom. The molecule has 0 unspecified atom stereocenters. The first-order valence-corrected chi connectivity index (χ1v) is 8.26. The number of aliphatic carboxylic acids is 1. The van der Waals surface area contributed by atoms with E-state index in [1.807, 2.05) is 6.92 Å². The van der Waals surface area contributed by atoms with Crippen LogP contribution in [0, 0.1) is 5.41 Å². The molecule has 1 aliphatic carbocycles. The number of anilines is 1. The lowest BCUT2D eigenvalue weighted by atomic mass is 9.82. The summed E-state index contributed by atoms with van der Waals surface area (Å²) in [5, 5.41) is 11.8. The minimum absolute atomic E-state index is 0.00742. The van der Waals surface area contributed by atoms with Gasteiger partial charge in [-0.15, -0.1) is 0 Å². The summed E-state index contributed by atoms with van der Waals surface area (Å²) < 4.78 is 5.44. The molecule has 0 radical (unpaired) electrons. The lowest BCUT2D eigenvalue weighted by molar-refractivity contribution is -0.136. The number of nitrogens with one attached hydrogen (secondary N) is 1. The predicted molar refractivity (Wildman–Crippen MR) is 88.4 cm³/mol. The van der Waals surface area contributed by atoms with Crippen LogP contribution in [-0.2, 0) is 20.7 Å². The third kappa shape index (κ3) is 4.79. The minimum atomic E-state index is -0.859. The fraction of sp³-hybridized carbons (Fsp3) is 0.556. The van der Waals surface area contributed by atoms with Crippen molar-refractivity contribution >= 4 is 17.6 Å². The topological polar surface area (TPSA) is 75.6 Å². The summed E-state index contributed by atoms with van der Waals surface area (Å²) >= 11 is 0. The molecule has 0 atom stereocenters. The molecule has 0 spiro atoms. The Hall–Kier alpha value is -1.88. The Bertz CT molecular complexity index is 532. The SMILES string of the molecule is CCOCCC1(C(=O)Nc2ccc(CC(=O)O)cc2)CCCC1. The van der Waals surface area contributed by atoms with Crippen molar-refractivity contribution in [1.82, 2.24) is 0 Å². The van der Waals surface area contributed by atoms with Crippen LogP contribution >= 0.6 is 0 Å². The molecule has 1 amide bonds. The zero-order chi connectivity index (χ0) is 16.7. The Labute approximate surface area is 137 Å². The molecule has 0 heterocycles. The van der Waals surface area contributed by atoms with Crippen molar-refractivity contribution in [2.75, 3.05) is 18.5 Å². The Kier molecular flexibility index (Phi) is 6.16. The molecule has 0 aromatic heterocycles. The van der Waals surface area contributed by atoms with E-state index in [1.165, 1.54) is 0 Å². The van der Waals surface area contributed by atoms with Gasteiger partial charge in [0.25, 0.3) is 0 Å². The second kappa shape index (κ2) is 8.11. The van der Waals surface area contributed by atoms with E-state index in [2.05, 4.69) is 5.32 Å². The molecule has 0 bridgehead atoms. The number of carboxylic acid groups (broad SMARTS) is 1. The van der Waals surface area contributed by atoms with E-state index >= 15 is 0 Å².